The van der Waals surface area contributed by atoms with Crippen LogP contribution in [0, 0.1) is 0 Å². The molecule has 0 aliphatic carbocycles. The second kappa shape index (κ2) is 7.03. The maximum atomic E-state index is 9.13. The highest BCUT2D eigenvalue weighted by Crippen LogP contribution is 2.31. The monoisotopic (exact) mass is 300 g/mol. The third-order valence-corrected chi connectivity index (χ3v) is 4.67. The van der Waals surface area contributed by atoms with Crippen LogP contribution in [0.25, 0.3) is 0 Å². The molecule has 1 unspecified atom stereocenters. The van der Waals surface area contributed by atoms with Crippen LogP contribution < -0.4 is 0 Å². The van der Waals surface area contributed by atoms with Gasteiger partial charge in [0.25, 0.3) is 0 Å². The fraction of sp³-hybridized carbons (Fsp3) is 0.529. The number of hydrogen-bond donors (Lipinski definition) is 1. The smallest absolute Gasteiger partial charge is 0.0644 e. The van der Waals surface area contributed by atoms with Crippen molar-refractivity contribution in [3.8, 4) is 0 Å². The highest BCUT2D eigenvalue weighted by molar-refractivity contribution is 5.11. The van der Waals surface area contributed by atoms with Gasteiger partial charge in [0, 0.05) is 30.0 Å². The minimum Gasteiger partial charge on any atom is -0.394 e. The van der Waals surface area contributed by atoms with Crippen molar-refractivity contribution in [3.05, 3.63) is 48.0 Å². The molecular formula is C17H24N4O. The summed E-state index contributed by atoms with van der Waals surface area (Å²) in [7, 11) is 0. The van der Waals surface area contributed by atoms with E-state index in [4.69, 9.17) is 5.11 Å². The first-order valence-electron chi connectivity index (χ1n) is 8.07. The fourth-order valence-corrected chi connectivity index (χ4v) is 3.36. The quantitative estimate of drug-likeness (QED) is 0.920. The number of pyridine rings is 1. The lowest BCUT2D eigenvalue weighted by Crippen LogP contribution is -2.35. The molecule has 0 amide bonds. The van der Waals surface area contributed by atoms with Crippen LogP contribution >= 0.6 is 0 Å². The number of aromatic nitrogens is 3. The Morgan fingerprint density at radius 2 is 2.05 bits per heavy atom. The van der Waals surface area contributed by atoms with Crippen LogP contribution in [0.15, 0.2) is 36.7 Å². The number of nitrogens with zero attached hydrogens (tertiary/aromatic N) is 4. The summed E-state index contributed by atoms with van der Waals surface area (Å²) in [6.45, 7) is 5.12. The van der Waals surface area contributed by atoms with E-state index in [1.165, 1.54) is 5.69 Å². The molecule has 2 aromatic heterocycles. The number of hydrogen-bond acceptors (Lipinski definition) is 4. The molecule has 1 saturated heterocycles. The molecule has 0 aromatic carbocycles. The van der Waals surface area contributed by atoms with Crippen molar-refractivity contribution in [2.45, 2.75) is 38.3 Å². The molecule has 0 bridgehead atoms. The first kappa shape index (κ1) is 15.2. The van der Waals surface area contributed by atoms with Crippen molar-refractivity contribution in [1.29, 1.82) is 0 Å². The zero-order valence-corrected chi connectivity index (χ0v) is 13.1. The predicted octanol–water partition coefficient (Wildman–Crippen LogP) is 2.21. The molecule has 1 aliphatic heterocycles. The Morgan fingerprint density at radius 1 is 1.23 bits per heavy atom. The Labute approximate surface area is 131 Å². The van der Waals surface area contributed by atoms with Gasteiger partial charge in [-0.05, 0) is 51.1 Å². The molecule has 3 heterocycles. The average molecular weight is 300 g/mol. The maximum absolute atomic E-state index is 9.13. The Hall–Kier alpha value is -1.72. The molecule has 5 heteroatoms. The van der Waals surface area contributed by atoms with Crippen LogP contribution in [0.2, 0.25) is 0 Å². The standard InChI is InChI=1S/C17H24N4O/c1-14(16-4-2-3-8-18-16)20-10-6-15(7-11-20)17-5-9-19-21(17)12-13-22/h2-5,8-9,14-15,22H,6-7,10-13H2,1H3. The van der Waals surface area contributed by atoms with Gasteiger partial charge in [0.1, 0.15) is 0 Å². The van der Waals surface area contributed by atoms with Crippen molar-refractivity contribution in [3.63, 3.8) is 0 Å². The van der Waals surface area contributed by atoms with E-state index in [1.807, 2.05) is 23.1 Å². The third kappa shape index (κ3) is 3.20. The van der Waals surface area contributed by atoms with Crippen molar-refractivity contribution in [1.82, 2.24) is 19.7 Å². The van der Waals surface area contributed by atoms with Gasteiger partial charge in [-0.15, -0.1) is 0 Å². The topological polar surface area (TPSA) is 54.2 Å². The summed E-state index contributed by atoms with van der Waals surface area (Å²) in [6.07, 6.45) is 5.97. The van der Waals surface area contributed by atoms with E-state index in [0.717, 1.165) is 31.6 Å². The Bertz CT molecular complexity index is 575. The van der Waals surface area contributed by atoms with E-state index in [-0.39, 0.29) is 6.61 Å². The number of piperidine rings is 1. The minimum atomic E-state index is 0.143. The van der Waals surface area contributed by atoms with Crippen LogP contribution in [-0.2, 0) is 6.54 Å². The van der Waals surface area contributed by atoms with Crippen LogP contribution in [0.4, 0.5) is 0 Å². The molecule has 1 N–H and O–H groups in total. The Kier molecular flexibility index (Phi) is 4.85. The largest absolute Gasteiger partial charge is 0.394 e. The fourth-order valence-electron chi connectivity index (χ4n) is 3.36. The summed E-state index contributed by atoms with van der Waals surface area (Å²) in [5, 5.41) is 13.4. The van der Waals surface area contributed by atoms with Crippen molar-refractivity contribution >= 4 is 0 Å². The molecule has 3 rings (SSSR count). The molecule has 0 spiro atoms. The van der Waals surface area contributed by atoms with Gasteiger partial charge in [-0.2, -0.15) is 5.10 Å². The second-order valence-electron chi connectivity index (χ2n) is 5.94. The number of aliphatic hydroxyl groups excluding tert-OH is 1. The molecule has 1 atom stereocenters. The number of rotatable bonds is 5. The van der Waals surface area contributed by atoms with E-state index in [2.05, 4.69) is 40.1 Å². The van der Waals surface area contributed by atoms with Gasteiger partial charge < -0.3 is 5.11 Å². The molecular weight excluding hydrogens is 276 g/mol. The minimum absolute atomic E-state index is 0.143. The van der Waals surface area contributed by atoms with E-state index >= 15 is 0 Å². The highest BCUT2D eigenvalue weighted by atomic mass is 16.3. The van der Waals surface area contributed by atoms with Gasteiger partial charge in [-0.3, -0.25) is 14.6 Å². The van der Waals surface area contributed by atoms with Gasteiger partial charge in [0.2, 0.25) is 0 Å². The van der Waals surface area contributed by atoms with Gasteiger partial charge in [0.15, 0.2) is 0 Å². The SMILES string of the molecule is CC(c1ccccn1)N1CCC(c2ccnn2CCO)CC1. The van der Waals surface area contributed by atoms with Gasteiger partial charge in [0.05, 0.1) is 18.8 Å². The van der Waals surface area contributed by atoms with Crippen LogP contribution in [-0.4, -0.2) is 44.5 Å². The third-order valence-electron chi connectivity index (χ3n) is 4.67. The number of likely N-dealkylation sites (tertiary alicyclic amines) is 1. The lowest BCUT2D eigenvalue weighted by atomic mass is 9.92. The lowest BCUT2D eigenvalue weighted by molar-refractivity contribution is 0.156. The van der Waals surface area contributed by atoms with E-state index in [9.17, 15) is 0 Å². The molecule has 0 radical (unpaired) electrons. The van der Waals surface area contributed by atoms with Crippen molar-refractivity contribution < 1.29 is 5.11 Å². The molecule has 22 heavy (non-hydrogen) atoms. The van der Waals surface area contributed by atoms with E-state index in [1.54, 1.807) is 0 Å². The lowest BCUT2D eigenvalue weighted by Gasteiger charge is -2.35. The normalized spacial score (nSPS) is 18.5. The molecule has 118 valence electrons. The van der Waals surface area contributed by atoms with E-state index < -0.39 is 0 Å². The maximum Gasteiger partial charge on any atom is 0.0644 e. The summed E-state index contributed by atoms with van der Waals surface area (Å²) < 4.78 is 1.95. The van der Waals surface area contributed by atoms with Crippen LogP contribution in [0.5, 0.6) is 0 Å². The molecule has 0 saturated carbocycles. The summed E-state index contributed by atoms with van der Waals surface area (Å²) in [4.78, 5) is 6.98. The van der Waals surface area contributed by atoms with E-state index in [0.29, 0.717) is 18.5 Å². The van der Waals surface area contributed by atoms with Crippen LogP contribution in [0.1, 0.15) is 43.1 Å². The summed E-state index contributed by atoms with van der Waals surface area (Å²) in [5.74, 6) is 0.543. The zero-order valence-electron chi connectivity index (χ0n) is 13.1. The molecule has 1 aliphatic rings. The second-order valence-corrected chi connectivity index (χ2v) is 5.94. The first-order valence-corrected chi connectivity index (χ1v) is 8.07. The summed E-state index contributed by atoms with van der Waals surface area (Å²) >= 11 is 0. The Balaban J connectivity index is 1.61. The first-order chi connectivity index (χ1) is 10.8. The van der Waals surface area contributed by atoms with Crippen molar-refractivity contribution in [2.75, 3.05) is 19.7 Å². The molecule has 5 nitrogen and oxygen atoms in total. The van der Waals surface area contributed by atoms with Crippen LogP contribution in [0.3, 0.4) is 0 Å². The van der Waals surface area contributed by atoms with Gasteiger partial charge >= 0.3 is 0 Å². The van der Waals surface area contributed by atoms with Gasteiger partial charge in [-0.1, -0.05) is 6.07 Å². The van der Waals surface area contributed by atoms with Crippen molar-refractivity contribution in [2.24, 2.45) is 0 Å². The number of aliphatic hydroxyl groups is 1. The highest BCUT2D eigenvalue weighted by Gasteiger charge is 2.26. The predicted molar refractivity (Wildman–Crippen MR) is 85.5 cm³/mol. The Morgan fingerprint density at radius 3 is 2.73 bits per heavy atom. The zero-order chi connectivity index (χ0) is 15.4. The summed E-state index contributed by atoms with van der Waals surface area (Å²) in [6, 6.07) is 8.58. The average Bonchev–Trinajstić information content (AvgIpc) is 3.04. The molecule has 2 aromatic rings. The van der Waals surface area contributed by atoms with Gasteiger partial charge in [-0.25, -0.2) is 0 Å². The summed E-state index contributed by atoms with van der Waals surface area (Å²) in [5.41, 5.74) is 2.41. The molecule has 1 fully saturated rings.